The second-order valence-corrected chi connectivity index (χ2v) is 6.66. The SMILES string of the molecule is C=C(C)CC.C=C(CC)CC.C=C(CC)CC.CCC.CNS(=O)[O-].COC. The number of hydrogen-bond acceptors (Lipinski definition) is 3. The van der Waals surface area contributed by atoms with Crippen LogP contribution in [0.2, 0.25) is 0 Å². The molecule has 0 rings (SSSR count). The minimum atomic E-state index is -2.07. The smallest absolute Gasteiger partial charge is 0.0351 e. The zero-order chi connectivity index (χ0) is 24.0. The molecule has 1 N–H and O–H groups in total. The van der Waals surface area contributed by atoms with Crippen molar-refractivity contribution < 1.29 is 13.5 Å². The van der Waals surface area contributed by atoms with E-state index in [4.69, 9.17) is 0 Å². The fraction of sp³-hybridized carbons (Fsp3) is 0.739. The third-order valence-electron chi connectivity index (χ3n) is 2.77. The Morgan fingerprint density at radius 2 is 0.964 bits per heavy atom. The average Bonchev–Trinajstić information content (AvgIpc) is 2.69. The maximum absolute atomic E-state index is 9.26. The summed E-state index contributed by atoms with van der Waals surface area (Å²) in [5.41, 5.74) is 3.94. The van der Waals surface area contributed by atoms with Crippen molar-refractivity contribution >= 4 is 11.3 Å². The van der Waals surface area contributed by atoms with Crippen LogP contribution in [0.4, 0.5) is 0 Å². The molecule has 0 bridgehead atoms. The Morgan fingerprint density at radius 1 is 0.821 bits per heavy atom. The Labute approximate surface area is 181 Å². The molecule has 0 radical (unpaired) electrons. The lowest BCUT2D eigenvalue weighted by Gasteiger charge is -1.95. The highest BCUT2D eigenvalue weighted by Gasteiger charge is 1.78. The van der Waals surface area contributed by atoms with Crippen molar-refractivity contribution in [2.45, 2.75) is 93.9 Å². The summed E-state index contributed by atoms with van der Waals surface area (Å²) >= 11 is -2.07. The number of methoxy groups -OCH3 is 1. The lowest BCUT2D eigenvalue weighted by Crippen LogP contribution is -2.07. The molecule has 0 heterocycles. The van der Waals surface area contributed by atoms with Crippen molar-refractivity contribution in [2.24, 2.45) is 0 Å². The normalized spacial score (nSPS) is 8.86. The van der Waals surface area contributed by atoms with E-state index in [-0.39, 0.29) is 0 Å². The number of hydrogen-bond donors (Lipinski definition) is 1. The van der Waals surface area contributed by atoms with Crippen LogP contribution >= 0.6 is 0 Å². The first-order chi connectivity index (χ1) is 13.0. The van der Waals surface area contributed by atoms with Crippen molar-refractivity contribution in [3.8, 4) is 0 Å². The zero-order valence-electron chi connectivity index (χ0n) is 21.0. The van der Waals surface area contributed by atoms with Crippen LogP contribution in [0.1, 0.15) is 93.9 Å². The maximum Gasteiger partial charge on any atom is 0.0351 e. The molecule has 0 fully saturated rings. The molecule has 0 saturated heterocycles. The van der Waals surface area contributed by atoms with Crippen molar-refractivity contribution in [1.29, 1.82) is 0 Å². The predicted octanol–water partition coefficient (Wildman–Crippen LogP) is 7.38. The highest BCUT2D eigenvalue weighted by molar-refractivity contribution is 7.77. The van der Waals surface area contributed by atoms with Crippen LogP contribution in [-0.2, 0) is 16.0 Å². The van der Waals surface area contributed by atoms with Crippen LogP contribution in [-0.4, -0.2) is 30.0 Å². The van der Waals surface area contributed by atoms with Gasteiger partial charge in [0.05, 0.1) is 0 Å². The molecular formula is C23H52NO3S-. The van der Waals surface area contributed by atoms with Gasteiger partial charge in [-0.1, -0.05) is 84.8 Å². The highest BCUT2D eigenvalue weighted by Crippen LogP contribution is 1.99. The van der Waals surface area contributed by atoms with Gasteiger partial charge in [0, 0.05) is 25.5 Å². The molecule has 0 aliphatic rings. The monoisotopic (exact) mass is 422 g/mol. The third kappa shape index (κ3) is 117. The number of ether oxygens (including phenoxy) is 1. The fourth-order valence-corrected chi connectivity index (χ4v) is 0.500. The first kappa shape index (κ1) is 41.6. The van der Waals surface area contributed by atoms with Gasteiger partial charge in [-0.05, 0) is 46.1 Å². The first-order valence-electron chi connectivity index (χ1n) is 10.1. The standard InChI is InChI=1S/2C6H12.C5H10.C3H8.C2H6O.CH5NO2S/c2*1-4-6(3)5-2;1-4-5(2)3;2*1-3-2;1-2-5(3)4/h2*3-5H2,1-2H3;2,4H2,1,3H3;3H2,1-2H3;1-2H3;2H,1H3,(H,3,4)/p-1. The Morgan fingerprint density at radius 3 is 0.964 bits per heavy atom. The van der Waals surface area contributed by atoms with E-state index in [2.05, 4.69) is 72.9 Å². The number of rotatable bonds is 6. The molecular weight excluding hydrogens is 370 g/mol. The summed E-state index contributed by atoms with van der Waals surface area (Å²) < 4.78 is 24.7. The summed E-state index contributed by atoms with van der Waals surface area (Å²) in [6.45, 7) is 28.2. The average molecular weight is 423 g/mol. The van der Waals surface area contributed by atoms with E-state index in [1.54, 1.807) is 14.2 Å². The summed E-state index contributed by atoms with van der Waals surface area (Å²) in [6, 6.07) is 0. The van der Waals surface area contributed by atoms with Crippen molar-refractivity contribution in [3.63, 3.8) is 0 Å². The van der Waals surface area contributed by atoms with Crippen LogP contribution in [0.15, 0.2) is 36.5 Å². The van der Waals surface area contributed by atoms with Crippen LogP contribution in [0.25, 0.3) is 0 Å². The molecule has 0 aromatic carbocycles. The zero-order valence-corrected chi connectivity index (χ0v) is 21.8. The van der Waals surface area contributed by atoms with Gasteiger partial charge in [0.2, 0.25) is 0 Å². The number of nitrogens with one attached hydrogen (secondary N) is 1. The van der Waals surface area contributed by atoms with Gasteiger partial charge in [0.25, 0.3) is 0 Å². The molecule has 0 spiro atoms. The van der Waals surface area contributed by atoms with Gasteiger partial charge in [-0.25, -0.2) is 0 Å². The lowest BCUT2D eigenvalue weighted by molar-refractivity contribution is 0.277. The molecule has 0 saturated carbocycles. The van der Waals surface area contributed by atoms with Gasteiger partial charge >= 0.3 is 0 Å². The van der Waals surface area contributed by atoms with Crippen LogP contribution in [0.3, 0.4) is 0 Å². The summed E-state index contributed by atoms with van der Waals surface area (Å²) in [5.74, 6) is 0. The second kappa shape index (κ2) is 45.2. The van der Waals surface area contributed by atoms with Crippen molar-refractivity contribution in [3.05, 3.63) is 36.5 Å². The van der Waals surface area contributed by atoms with E-state index >= 15 is 0 Å². The van der Waals surface area contributed by atoms with E-state index < -0.39 is 11.3 Å². The topological polar surface area (TPSA) is 61.4 Å². The molecule has 0 aliphatic carbocycles. The summed E-state index contributed by atoms with van der Waals surface area (Å²) in [6.07, 6.45) is 6.90. The maximum atomic E-state index is 9.26. The fourth-order valence-electron chi connectivity index (χ4n) is 0.500. The Kier molecular flexibility index (Phi) is 67.1. The van der Waals surface area contributed by atoms with E-state index in [0.29, 0.717) is 0 Å². The van der Waals surface area contributed by atoms with E-state index in [1.165, 1.54) is 30.2 Å². The van der Waals surface area contributed by atoms with Crippen molar-refractivity contribution in [2.75, 3.05) is 21.3 Å². The molecule has 0 aromatic heterocycles. The van der Waals surface area contributed by atoms with E-state index in [1.807, 2.05) is 11.6 Å². The summed E-state index contributed by atoms with van der Waals surface area (Å²) in [4.78, 5) is 0. The molecule has 174 valence electrons. The lowest BCUT2D eigenvalue weighted by atomic mass is 10.2. The van der Waals surface area contributed by atoms with Crippen molar-refractivity contribution in [1.82, 2.24) is 4.72 Å². The molecule has 1 atom stereocenters. The molecule has 4 nitrogen and oxygen atoms in total. The minimum absolute atomic E-state index is 1.11. The van der Waals surface area contributed by atoms with Gasteiger partial charge in [0.15, 0.2) is 0 Å². The molecule has 28 heavy (non-hydrogen) atoms. The summed E-state index contributed by atoms with van der Waals surface area (Å²) in [7, 11) is 4.59. The molecule has 0 aromatic rings. The third-order valence-corrected chi connectivity index (χ3v) is 3.10. The highest BCUT2D eigenvalue weighted by atomic mass is 32.2. The summed E-state index contributed by atoms with van der Waals surface area (Å²) in [5, 5.41) is 0. The molecule has 5 heteroatoms. The van der Waals surface area contributed by atoms with E-state index in [9.17, 15) is 8.76 Å². The Bertz CT molecular complexity index is 286. The predicted molar refractivity (Wildman–Crippen MR) is 131 cm³/mol. The molecule has 1 unspecified atom stereocenters. The molecule has 0 aliphatic heterocycles. The van der Waals surface area contributed by atoms with E-state index in [0.717, 1.165) is 32.1 Å². The first-order valence-corrected chi connectivity index (χ1v) is 11.2. The Hall–Kier alpha value is -0.750. The largest absolute Gasteiger partial charge is 0.760 e. The second-order valence-electron chi connectivity index (χ2n) is 5.78. The number of allylic oxidation sites excluding steroid dienone is 3. The van der Waals surface area contributed by atoms with Crippen LogP contribution in [0.5, 0.6) is 0 Å². The van der Waals surface area contributed by atoms with Gasteiger partial charge < -0.3 is 9.29 Å². The minimum Gasteiger partial charge on any atom is -0.760 e. The van der Waals surface area contributed by atoms with Crippen LogP contribution in [0, 0.1) is 0 Å². The van der Waals surface area contributed by atoms with Crippen LogP contribution < -0.4 is 4.72 Å². The van der Waals surface area contributed by atoms with Gasteiger partial charge in [-0.2, -0.15) is 0 Å². The molecule has 0 amide bonds. The quantitative estimate of drug-likeness (QED) is 0.359. The van der Waals surface area contributed by atoms with Gasteiger partial charge in [-0.3, -0.25) is 8.93 Å². The van der Waals surface area contributed by atoms with Gasteiger partial charge in [-0.15, -0.1) is 6.58 Å². The van der Waals surface area contributed by atoms with Gasteiger partial charge in [0.1, 0.15) is 0 Å². The Balaban J connectivity index is -0.0000000529.